The number of amides is 2. The van der Waals surface area contributed by atoms with E-state index in [9.17, 15) is 4.79 Å². The number of urea groups is 1. The molecule has 5 nitrogen and oxygen atoms in total. The number of nitrogens with zero attached hydrogens (tertiary/aromatic N) is 1. The van der Waals surface area contributed by atoms with Crippen molar-refractivity contribution in [3.63, 3.8) is 0 Å². The number of halogens is 2. The van der Waals surface area contributed by atoms with Crippen molar-refractivity contribution in [1.82, 2.24) is 4.90 Å². The Kier molecular flexibility index (Phi) is 7.55. The van der Waals surface area contributed by atoms with Gasteiger partial charge in [0.25, 0.3) is 0 Å². The summed E-state index contributed by atoms with van der Waals surface area (Å²) in [6.07, 6.45) is 0. The van der Waals surface area contributed by atoms with Gasteiger partial charge in [-0.25, -0.2) is 4.79 Å². The van der Waals surface area contributed by atoms with Gasteiger partial charge >= 0.3 is 6.03 Å². The third-order valence-electron chi connectivity index (χ3n) is 3.44. The Hall–Kier alpha value is -1.76. The molecular formula is C18H20BrClN2O3. The second-order valence-electron chi connectivity index (χ2n) is 5.36. The van der Waals surface area contributed by atoms with Crippen molar-refractivity contribution in [2.24, 2.45) is 0 Å². The summed E-state index contributed by atoms with van der Waals surface area (Å²) in [4.78, 5) is 13.9. The Balaban J connectivity index is 1.95. The van der Waals surface area contributed by atoms with E-state index in [-0.39, 0.29) is 6.03 Å². The van der Waals surface area contributed by atoms with E-state index in [4.69, 9.17) is 21.1 Å². The molecule has 0 radical (unpaired) electrons. The van der Waals surface area contributed by atoms with Gasteiger partial charge in [0.05, 0.1) is 11.6 Å². The molecule has 2 aromatic rings. The summed E-state index contributed by atoms with van der Waals surface area (Å²) in [5, 5.41) is 3.26. The van der Waals surface area contributed by atoms with Gasteiger partial charge in [-0.05, 0) is 29.8 Å². The lowest BCUT2D eigenvalue weighted by molar-refractivity contribution is 0.146. The van der Waals surface area contributed by atoms with E-state index in [0.717, 1.165) is 10.0 Å². The normalized spacial score (nSPS) is 10.4. The van der Waals surface area contributed by atoms with E-state index >= 15 is 0 Å². The van der Waals surface area contributed by atoms with Crippen molar-refractivity contribution in [2.75, 3.05) is 32.7 Å². The Morgan fingerprint density at radius 2 is 2.00 bits per heavy atom. The standard InChI is InChI=1S/C18H20BrClN2O3/c1-22(12-13-5-3-4-6-15(13)19)18(23)21-14-7-8-17(16(20)11-14)25-10-9-24-2/h3-8,11H,9-10,12H2,1-2H3,(H,21,23). The van der Waals surface area contributed by atoms with Crippen LogP contribution in [-0.4, -0.2) is 38.3 Å². The molecule has 1 N–H and O–H groups in total. The second kappa shape index (κ2) is 9.65. The first-order valence-electron chi connectivity index (χ1n) is 7.68. The molecule has 0 unspecified atom stereocenters. The molecule has 7 heteroatoms. The largest absolute Gasteiger partial charge is 0.490 e. The number of rotatable bonds is 7. The van der Waals surface area contributed by atoms with Crippen LogP contribution in [0.4, 0.5) is 10.5 Å². The van der Waals surface area contributed by atoms with Gasteiger partial charge in [-0.1, -0.05) is 45.7 Å². The zero-order valence-electron chi connectivity index (χ0n) is 14.1. The number of carbonyl (C=O) groups excluding carboxylic acids is 1. The zero-order valence-corrected chi connectivity index (χ0v) is 16.4. The minimum absolute atomic E-state index is 0.222. The number of nitrogens with one attached hydrogen (secondary N) is 1. The van der Waals surface area contributed by atoms with Crippen LogP contribution in [0.25, 0.3) is 0 Å². The van der Waals surface area contributed by atoms with Crippen LogP contribution in [0.5, 0.6) is 5.75 Å². The Labute approximate surface area is 161 Å². The third-order valence-corrected chi connectivity index (χ3v) is 4.51. The van der Waals surface area contributed by atoms with Gasteiger partial charge in [0.1, 0.15) is 12.4 Å². The predicted octanol–water partition coefficient (Wildman–Crippen LogP) is 4.79. The number of hydrogen-bond acceptors (Lipinski definition) is 3. The summed E-state index contributed by atoms with van der Waals surface area (Å²) in [6.45, 7) is 1.38. The van der Waals surface area contributed by atoms with E-state index in [1.807, 2.05) is 24.3 Å². The summed E-state index contributed by atoms with van der Waals surface area (Å²) in [7, 11) is 3.34. The highest BCUT2D eigenvalue weighted by Gasteiger charge is 2.12. The van der Waals surface area contributed by atoms with Crippen molar-refractivity contribution in [1.29, 1.82) is 0 Å². The Morgan fingerprint density at radius 3 is 2.68 bits per heavy atom. The minimum atomic E-state index is -0.222. The monoisotopic (exact) mass is 426 g/mol. The van der Waals surface area contributed by atoms with E-state index in [1.165, 1.54) is 0 Å². The summed E-state index contributed by atoms with van der Waals surface area (Å²) in [5.41, 5.74) is 1.63. The van der Waals surface area contributed by atoms with Crippen molar-refractivity contribution >= 4 is 39.2 Å². The third kappa shape index (κ3) is 5.92. The number of anilines is 1. The second-order valence-corrected chi connectivity index (χ2v) is 6.63. The topological polar surface area (TPSA) is 50.8 Å². The number of methoxy groups -OCH3 is 1. The molecule has 2 rings (SSSR count). The lowest BCUT2D eigenvalue weighted by Crippen LogP contribution is -2.30. The first-order chi connectivity index (χ1) is 12.0. The lowest BCUT2D eigenvalue weighted by Gasteiger charge is -2.19. The molecule has 0 aliphatic carbocycles. The fourth-order valence-corrected chi connectivity index (χ4v) is 2.75. The first kappa shape index (κ1) is 19.6. The minimum Gasteiger partial charge on any atom is -0.490 e. The maximum atomic E-state index is 12.3. The van der Waals surface area contributed by atoms with E-state index in [2.05, 4.69) is 21.2 Å². The summed E-state index contributed by atoms with van der Waals surface area (Å²) < 4.78 is 11.4. The van der Waals surface area contributed by atoms with Crippen LogP contribution in [0.1, 0.15) is 5.56 Å². The predicted molar refractivity (Wildman–Crippen MR) is 103 cm³/mol. The molecule has 134 valence electrons. The smallest absolute Gasteiger partial charge is 0.321 e. The number of hydrogen-bond donors (Lipinski definition) is 1. The molecular weight excluding hydrogens is 408 g/mol. The molecule has 0 aliphatic heterocycles. The fourth-order valence-electron chi connectivity index (χ4n) is 2.10. The van der Waals surface area contributed by atoms with Gasteiger partial charge < -0.3 is 19.7 Å². The van der Waals surface area contributed by atoms with Crippen LogP contribution in [-0.2, 0) is 11.3 Å². The van der Waals surface area contributed by atoms with Crippen LogP contribution in [0.15, 0.2) is 46.9 Å². The average Bonchev–Trinajstić information content (AvgIpc) is 2.59. The number of benzene rings is 2. The van der Waals surface area contributed by atoms with Crippen molar-refractivity contribution < 1.29 is 14.3 Å². The van der Waals surface area contributed by atoms with E-state index < -0.39 is 0 Å². The molecule has 0 saturated carbocycles. The van der Waals surface area contributed by atoms with Crippen LogP contribution in [0, 0.1) is 0 Å². The maximum Gasteiger partial charge on any atom is 0.321 e. The molecule has 0 fully saturated rings. The van der Waals surface area contributed by atoms with Crippen molar-refractivity contribution in [2.45, 2.75) is 6.54 Å². The number of carbonyl (C=O) groups is 1. The van der Waals surface area contributed by atoms with Crippen LogP contribution >= 0.6 is 27.5 Å². The van der Waals surface area contributed by atoms with Gasteiger partial charge in [0.15, 0.2) is 0 Å². The molecule has 0 saturated heterocycles. The first-order valence-corrected chi connectivity index (χ1v) is 8.85. The highest BCUT2D eigenvalue weighted by molar-refractivity contribution is 9.10. The number of ether oxygens (including phenoxy) is 2. The van der Waals surface area contributed by atoms with Crippen LogP contribution in [0.2, 0.25) is 5.02 Å². The average molecular weight is 428 g/mol. The van der Waals surface area contributed by atoms with E-state index in [1.54, 1.807) is 37.3 Å². The molecule has 25 heavy (non-hydrogen) atoms. The van der Waals surface area contributed by atoms with Gasteiger partial charge in [-0.2, -0.15) is 0 Å². The molecule has 0 aromatic heterocycles. The highest BCUT2D eigenvalue weighted by atomic mass is 79.9. The van der Waals surface area contributed by atoms with Crippen molar-refractivity contribution in [3.8, 4) is 5.75 Å². The molecule has 0 bridgehead atoms. The Bertz CT molecular complexity index is 727. The van der Waals surface area contributed by atoms with E-state index in [0.29, 0.717) is 36.2 Å². The molecule has 2 amide bonds. The molecule has 2 aromatic carbocycles. The highest BCUT2D eigenvalue weighted by Crippen LogP contribution is 2.28. The summed E-state index contributed by atoms with van der Waals surface area (Å²) in [6, 6.07) is 12.7. The van der Waals surface area contributed by atoms with Gasteiger partial charge in [-0.15, -0.1) is 0 Å². The fraction of sp³-hybridized carbons (Fsp3) is 0.278. The lowest BCUT2D eigenvalue weighted by atomic mass is 10.2. The Morgan fingerprint density at radius 1 is 1.24 bits per heavy atom. The van der Waals surface area contributed by atoms with Crippen LogP contribution < -0.4 is 10.1 Å². The summed E-state index contributed by atoms with van der Waals surface area (Å²) in [5.74, 6) is 0.554. The molecule has 0 spiro atoms. The SMILES string of the molecule is COCCOc1ccc(NC(=O)N(C)Cc2ccccc2Br)cc1Cl. The van der Waals surface area contributed by atoms with Gasteiger partial charge in [-0.3, -0.25) is 0 Å². The molecule has 0 heterocycles. The maximum absolute atomic E-state index is 12.3. The van der Waals surface area contributed by atoms with Gasteiger partial charge in [0, 0.05) is 30.9 Å². The summed E-state index contributed by atoms with van der Waals surface area (Å²) >= 11 is 9.67. The molecule has 0 atom stereocenters. The van der Waals surface area contributed by atoms with Crippen LogP contribution in [0.3, 0.4) is 0 Å². The molecule has 0 aliphatic rings. The van der Waals surface area contributed by atoms with Gasteiger partial charge in [0.2, 0.25) is 0 Å². The zero-order chi connectivity index (χ0) is 18.2. The quantitative estimate of drug-likeness (QED) is 0.646. The van der Waals surface area contributed by atoms with Crippen molar-refractivity contribution in [3.05, 3.63) is 57.5 Å².